The summed E-state index contributed by atoms with van der Waals surface area (Å²) in [6.45, 7) is 2.71. The second kappa shape index (κ2) is 4.30. The van der Waals surface area contributed by atoms with Gasteiger partial charge in [-0.2, -0.15) is 5.26 Å². The lowest BCUT2D eigenvalue weighted by atomic mass is 9.96. The second-order valence-electron chi connectivity index (χ2n) is 3.38. The Bertz CT molecular complexity index is 475. The van der Waals surface area contributed by atoms with Gasteiger partial charge in [-0.05, 0) is 25.0 Å². The molecule has 0 unspecified atom stereocenters. The number of aromatic hydroxyl groups is 2. The second-order valence-corrected chi connectivity index (χ2v) is 3.38. The monoisotopic (exact) mass is 242 g/mol. The van der Waals surface area contributed by atoms with Crippen LogP contribution in [0.3, 0.4) is 0 Å². The first-order chi connectivity index (χ1) is 7.82. The van der Waals surface area contributed by atoms with Crippen molar-refractivity contribution in [2.45, 2.75) is 13.8 Å². The van der Waals surface area contributed by atoms with E-state index in [1.165, 1.54) is 13.8 Å². The Morgan fingerprint density at radius 1 is 1.00 bits per heavy atom. The number of aromatic carboxylic acids is 1. The molecule has 0 spiro atoms. The zero-order chi connectivity index (χ0) is 13.3. The maximum absolute atomic E-state index is 11.1. The fourth-order valence-corrected chi connectivity index (χ4v) is 1.52. The molecule has 0 radical (unpaired) electrons. The fourth-order valence-electron chi connectivity index (χ4n) is 1.52. The average molecular weight is 242 g/mol. The van der Waals surface area contributed by atoms with E-state index in [4.69, 9.17) is 10.4 Å². The van der Waals surface area contributed by atoms with Gasteiger partial charge in [-0.3, -0.25) is 4.89 Å². The molecule has 92 valence electrons. The standard InChI is InChI=1S/C10H10O7/c1-3-4(2)6(10(15)17-16)8(12)7(11)5(3)9(13)14/h11-12,16H,1-2H3,(H,13,14). The van der Waals surface area contributed by atoms with Crippen molar-refractivity contribution in [3.8, 4) is 11.5 Å². The van der Waals surface area contributed by atoms with Gasteiger partial charge in [0, 0.05) is 0 Å². The Kier molecular flexibility index (Phi) is 3.23. The molecule has 0 aliphatic heterocycles. The summed E-state index contributed by atoms with van der Waals surface area (Å²) in [7, 11) is 0. The van der Waals surface area contributed by atoms with Crippen molar-refractivity contribution in [3.05, 3.63) is 22.3 Å². The van der Waals surface area contributed by atoms with Crippen LogP contribution in [0.1, 0.15) is 31.8 Å². The van der Waals surface area contributed by atoms with Gasteiger partial charge in [-0.1, -0.05) is 0 Å². The van der Waals surface area contributed by atoms with Crippen molar-refractivity contribution in [1.82, 2.24) is 0 Å². The minimum atomic E-state index is -1.44. The van der Waals surface area contributed by atoms with E-state index in [0.29, 0.717) is 0 Å². The molecular formula is C10H10O7. The van der Waals surface area contributed by atoms with Gasteiger partial charge >= 0.3 is 11.9 Å². The molecule has 17 heavy (non-hydrogen) atoms. The lowest BCUT2D eigenvalue weighted by molar-refractivity contribution is -0.183. The summed E-state index contributed by atoms with van der Waals surface area (Å²) in [4.78, 5) is 25.5. The predicted octanol–water partition coefficient (Wildman–Crippen LogP) is 1.04. The minimum absolute atomic E-state index is 0.0909. The van der Waals surface area contributed by atoms with Crippen LogP contribution >= 0.6 is 0 Å². The van der Waals surface area contributed by atoms with Gasteiger partial charge in [0.25, 0.3) is 0 Å². The summed E-state index contributed by atoms with van der Waals surface area (Å²) in [5, 5.41) is 36.1. The molecule has 0 aromatic heterocycles. The molecule has 7 nitrogen and oxygen atoms in total. The molecular weight excluding hydrogens is 232 g/mol. The van der Waals surface area contributed by atoms with Gasteiger partial charge in [0.2, 0.25) is 0 Å². The highest BCUT2D eigenvalue weighted by atomic mass is 17.1. The van der Waals surface area contributed by atoms with E-state index in [-0.39, 0.29) is 11.1 Å². The van der Waals surface area contributed by atoms with Crippen molar-refractivity contribution < 1.29 is 35.1 Å². The van der Waals surface area contributed by atoms with Crippen LogP contribution in [0.2, 0.25) is 0 Å². The van der Waals surface area contributed by atoms with Crippen molar-refractivity contribution in [3.63, 3.8) is 0 Å². The number of hydrogen-bond acceptors (Lipinski definition) is 6. The highest BCUT2D eigenvalue weighted by Gasteiger charge is 2.27. The molecule has 1 aromatic rings. The number of rotatable bonds is 2. The van der Waals surface area contributed by atoms with Crippen LogP contribution in [0.4, 0.5) is 0 Å². The van der Waals surface area contributed by atoms with Crippen molar-refractivity contribution >= 4 is 11.9 Å². The Labute approximate surface area is 95.4 Å². The maximum atomic E-state index is 11.1. The van der Waals surface area contributed by atoms with Crippen LogP contribution in [0.15, 0.2) is 0 Å². The predicted molar refractivity (Wildman–Crippen MR) is 54.2 cm³/mol. The third kappa shape index (κ3) is 1.87. The van der Waals surface area contributed by atoms with E-state index < -0.39 is 34.6 Å². The summed E-state index contributed by atoms with van der Waals surface area (Å²) < 4.78 is 0. The summed E-state index contributed by atoms with van der Waals surface area (Å²) in [5.41, 5.74) is -0.799. The molecule has 0 aliphatic carbocycles. The number of hydrogen-bond donors (Lipinski definition) is 4. The molecule has 0 saturated heterocycles. The molecule has 0 bridgehead atoms. The van der Waals surface area contributed by atoms with E-state index in [1.807, 2.05) is 0 Å². The molecule has 0 amide bonds. The molecule has 1 rings (SSSR count). The number of carboxylic acid groups (broad SMARTS) is 1. The third-order valence-electron chi connectivity index (χ3n) is 2.51. The van der Waals surface area contributed by atoms with Gasteiger partial charge in [0.15, 0.2) is 11.5 Å². The molecule has 1 aromatic carbocycles. The molecule has 0 saturated carbocycles. The zero-order valence-electron chi connectivity index (χ0n) is 9.01. The number of phenolic OH excluding ortho intramolecular Hbond substituents is 1. The number of phenols is 2. The zero-order valence-corrected chi connectivity index (χ0v) is 9.01. The summed E-state index contributed by atoms with van der Waals surface area (Å²) in [5.74, 6) is -4.61. The van der Waals surface area contributed by atoms with Crippen molar-refractivity contribution in [1.29, 1.82) is 0 Å². The van der Waals surface area contributed by atoms with E-state index in [2.05, 4.69) is 4.89 Å². The first-order valence-electron chi connectivity index (χ1n) is 4.47. The lowest BCUT2D eigenvalue weighted by Crippen LogP contribution is -2.10. The summed E-state index contributed by atoms with van der Waals surface area (Å²) in [6.07, 6.45) is 0. The van der Waals surface area contributed by atoms with Crippen LogP contribution in [0.25, 0.3) is 0 Å². The highest BCUT2D eigenvalue weighted by molar-refractivity contribution is 6.01. The van der Waals surface area contributed by atoms with Crippen molar-refractivity contribution in [2.75, 3.05) is 0 Å². The SMILES string of the molecule is Cc1c(C)c(C(=O)OO)c(O)c(O)c1C(=O)O. The molecule has 0 heterocycles. The first kappa shape index (κ1) is 12.8. The van der Waals surface area contributed by atoms with Gasteiger partial charge in [0.05, 0.1) is 0 Å². The van der Waals surface area contributed by atoms with Gasteiger partial charge in [-0.25, -0.2) is 9.59 Å². The molecule has 4 N–H and O–H groups in total. The smallest absolute Gasteiger partial charge is 0.376 e. The van der Waals surface area contributed by atoms with Gasteiger partial charge in [-0.15, -0.1) is 0 Å². The fraction of sp³-hybridized carbons (Fsp3) is 0.200. The number of carbonyl (C=O) groups is 2. The Morgan fingerprint density at radius 3 is 1.82 bits per heavy atom. The molecule has 7 heteroatoms. The van der Waals surface area contributed by atoms with Crippen LogP contribution in [0.5, 0.6) is 11.5 Å². The van der Waals surface area contributed by atoms with Crippen LogP contribution in [-0.2, 0) is 4.89 Å². The van der Waals surface area contributed by atoms with Crippen LogP contribution in [-0.4, -0.2) is 32.5 Å². The highest BCUT2D eigenvalue weighted by Crippen LogP contribution is 2.38. The van der Waals surface area contributed by atoms with Gasteiger partial charge < -0.3 is 15.3 Å². The van der Waals surface area contributed by atoms with Gasteiger partial charge in [0.1, 0.15) is 11.1 Å². The largest absolute Gasteiger partial charge is 0.504 e. The summed E-state index contributed by atoms with van der Waals surface area (Å²) in [6, 6.07) is 0. The first-order valence-corrected chi connectivity index (χ1v) is 4.47. The Hall–Kier alpha value is -2.28. The minimum Gasteiger partial charge on any atom is -0.504 e. The number of carboxylic acids is 1. The van der Waals surface area contributed by atoms with E-state index in [1.54, 1.807) is 0 Å². The Morgan fingerprint density at radius 2 is 1.41 bits per heavy atom. The van der Waals surface area contributed by atoms with Crippen LogP contribution < -0.4 is 0 Å². The topological polar surface area (TPSA) is 124 Å². The average Bonchev–Trinajstić information content (AvgIpc) is 2.26. The van der Waals surface area contributed by atoms with Crippen molar-refractivity contribution in [2.24, 2.45) is 0 Å². The van der Waals surface area contributed by atoms with E-state index in [9.17, 15) is 19.8 Å². The number of benzene rings is 1. The third-order valence-corrected chi connectivity index (χ3v) is 2.51. The Balaban J connectivity index is 3.70. The molecule has 0 aliphatic rings. The summed E-state index contributed by atoms with van der Waals surface area (Å²) >= 11 is 0. The molecule has 0 atom stereocenters. The van der Waals surface area contributed by atoms with E-state index >= 15 is 0 Å². The lowest BCUT2D eigenvalue weighted by Gasteiger charge is -2.13. The normalized spacial score (nSPS) is 10.1. The number of carbonyl (C=O) groups excluding carboxylic acids is 1. The quantitative estimate of drug-likeness (QED) is 0.347. The van der Waals surface area contributed by atoms with E-state index in [0.717, 1.165) is 0 Å². The molecule has 0 fully saturated rings. The van der Waals surface area contributed by atoms with Crippen LogP contribution in [0, 0.1) is 13.8 Å². The maximum Gasteiger partial charge on any atom is 0.376 e.